The van der Waals surface area contributed by atoms with Gasteiger partial charge in [0, 0.05) is 40.7 Å². The van der Waals surface area contributed by atoms with Crippen molar-refractivity contribution in [2.45, 2.75) is 13.3 Å². The summed E-state index contributed by atoms with van der Waals surface area (Å²) in [6, 6.07) is 14.4. The van der Waals surface area contributed by atoms with E-state index in [0.29, 0.717) is 21.4 Å². The van der Waals surface area contributed by atoms with Crippen molar-refractivity contribution in [1.29, 1.82) is 0 Å². The quantitative estimate of drug-likeness (QED) is 0.674. The molecule has 7 heteroatoms. The van der Waals surface area contributed by atoms with E-state index in [0.717, 1.165) is 16.9 Å². The van der Waals surface area contributed by atoms with E-state index in [2.05, 4.69) is 15.6 Å². The zero-order chi connectivity index (χ0) is 18.5. The smallest absolute Gasteiger partial charge is 0.257 e. The maximum absolute atomic E-state index is 12.4. The van der Waals surface area contributed by atoms with Gasteiger partial charge in [-0.15, -0.1) is 11.3 Å². The van der Waals surface area contributed by atoms with Crippen LogP contribution in [0.1, 0.15) is 27.7 Å². The van der Waals surface area contributed by atoms with Crippen molar-refractivity contribution in [3.8, 4) is 0 Å². The van der Waals surface area contributed by atoms with E-state index in [4.69, 9.17) is 11.6 Å². The summed E-state index contributed by atoms with van der Waals surface area (Å²) in [6.45, 7) is 1.42. The lowest BCUT2D eigenvalue weighted by atomic mass is 10.1. The van der Waals surface area contributed by atoms with Gasteiger partial charge < -0.3 is 5.32 Å². The molecular weight excluding hydrogens is 370 g/mol. The molecular formula is C19H16ClN3O2S. The number of anilines is 2. The molecule has 0 fully saturated rings. The van der Waals surface area contributed by atoms with Gasteiger partial charge in [0.2, 0.25) is 5.91 Å². The number of carbonyl (C=O) groups is 2. The predicted molar refractivity (Wildman–Crippen MR) is 105 cm³/mol. The van der Waals surface area contributed by atoms with Crippen molar-refractivity contribution in [3.63, 3.8) is 0 Å². The van der Waals surface area contributed by atoms with Crippen molar-refractivity contribution in [2.75, 3.05) is 10.6 Å². The van der Waals surface area contributed by atoms with Crippen LogP contribution in [0.4, 0.5) is 10.8 Å². The van der Waals surface area contributed by atoms with Crippen LogP contribution in [0.25, 0.3) is 0 Å². The monoisotopic (exact) mass is 385 g/mol. The second kappa shape index (κ2) is 8.12. The summed E-state index contributed by atoms with van der Waals surface area (Å²) in [4.78, 5) is 28.8. The number of rotatable bonds is 5. The average Bonchev–Trinajstić information content (AvgIpc) is 3.03. The molecule has 0 bridgehead atoms. The highest BCUT2D eigenvalue weighted by molar-refractivity contribution is 7.15. The van der Waals surface area contributed by atoms with E-state index >= 15 is 0 Å². The van der Waals surface area contributed by atoms with Crippen LogP contribution in [-0.2, 0) is 11.2 Å². The van der Waals surface area contributed by atoms with Gasteiger partial charge in [-0.1, -0.05) is 29.8 Å². The lowest BCUT2D eigenvalue weighted by Gasteiger charge is -2.05. The van der Waals surface area contributed by atoms with E-state index in [9.17, 15) is 9.59 Å². The molecule has 0 radical (unpaired) electrons. The van der Waals surface area contributed by atoms with Crippen molar-refractivity contribution < 1.29 is 9.59 Å². The van der Waals surface area contributed by atoms with Gasteiger partial charge >= 0.3 is 0 Å². The Balaban J connectivity index is 1.66. The second-order valence-electron chi connectivity index (χ2n) is 5.65. The molecule has 5 nitrogen and oxygen atoms in total. The first-order chi connectivity index (χ1) is 12.5. The first kappa shape index (κ1) is 18.1. The fourth-order valence-corrected chi connectivity index (χ4v) is 3.33. The summed E-state index contributed by atoms with van der Waals surface area (Å²) in [7, 11) is 0. The average molecular weight is 386 g/mol. The molecule has 2 N–H and O–H groups in total. The first-order valence-electron chi connectivity index (χ1n) is 7.88. The van der Waals surface area contributed by atoms with Crippen LogP contribution in [0.5, 0.6) is 0 Å². The number of nitrogens with zero attached hydrogens (tertiary/aromatic N) is 1. The lowest BCUT2D eigenvalue weighted by Crippen LogP contribution is -2.12. The minimum atomic E-state index is -0.274. The molecule has 0 saturated carbocycles. The van der Waals surface area contributed by atoms with Gasteiger partial charge in [0.15, 0.2) is 5.13 Å². The maximum atomic E-state index is 12.4. The van der Waals surface area contributed by atoms with Gasteiger partial charge in [0.05, 0.1) is 0 Å². The van der Waals surface area contributed by atoms with E-state index in [1.807, 2.05) is 24.3 Å². The third kappa shape index (κ3) is 4.91. The number of aromatic nitrogens is 1. The van der Waals surface area contributed by atoms with Crippen LogP contribution in [-0.4, -0.2) is 16.8 Å². The second-order valence-corrected chi connectivity index (χ2v) is 7.20. The van der Waals surface area contributed by atoms with Gasteiger partial charge in [-0.3, -0.25) is 14.9 Å². The minimum absolute atomic E-state index is 0.186. The van der Waals surface area contributed by atoms with Crippen molar-refractivity contribution >= 4 is 45.6 Å². The van der Waals surface area contributed by atoms with Gasteiger partial charge in [-0.2, -0.15) is 0 Å². The Morgan fingerprint density at radius 3 is 2.62 bits per heavy atom. The number of nitrogens with one attached hydrogen (secondary N) is 2. The fraction of sp³-hybridized carbons (Fsp3) is 0.105. The number of thiazole rings is 1. The third-order valence-corrected chi connectivity index (χ3v) is 4.68. The molecule has 0 atom stereocenters. The number of benzene rings is 2. The molecule has 0 saturated heterocycles. The molecule has 3 rings (SSSR count). The molecule has 3 aromatic rings. The Bertz CT molecular complexity index is 938. The van der Waals surface area contributed by atoms with Gasteiger partial charge in [-0.05, 0) is 35.9 Å². The van der Waals surface area contributed by atoms with Crippen molar-refractivity contribution in [3.05, 3.63) is 75.8 Å². The van der Waals surface area contributed by atoms with E-state index in [1.54, 1.807) is 30.5 Å². The highest BCUT2D eigenvalue weighted by atomic mass is 35.5. The summed E-state index contributed by atoms with van der Waals surface area (Å²) in [5.41, 5.74) is 2.15. The molecule has 0 unspecified atom stereocenters. The molecule has 2 amide bonds. The Hall–Kier alpha value is -2.70. The molecule has 0 aliphatic heterocycles. The van der Waals surface area contributed by atoms with Crippen LogP contribution < -0.4 is 10.6 Å². The van der Waals surface area contributed by atoms with E-state index in [-0.39, 0.29) is 11.8 Å². The third-order valence-electron chi connectivity index (χ3n) is 3.51. The largest absolute Gasteiger partial charge is 0.326 e. The Morgan fingerprint density at radius 2 is 1.88 bits per heavy atom. The van der Waals surface area contributed by atoms with Crippen LogP contribution in [0.2, 0.25) is 5.02 Å². The number of halogens is 1. The molecule has 1 heterocycles. The molecule has 132 valence electrons. The van der Waals surface area contributed by atoms with Crippen molar-refractivity contribution in [2.24, 2.45) is 0 Å². The molecule has 1 aromatic heterocycles. The molecule has 0 aliphatic rings. The molecule has 2 aromatic carbocycles. The normalized spacial score (nSPS) is 10.4. The summed E-state index contributed by atoms with van der Waals surface area (Å²) in [5, 5.41) is 6.68. The lowest BCUT2D eigenvalue weighted by molar-refractivity contribution is -0.114. The fourth-order valence-electron chi connectivity index (χ4n) is 2.36. The number of hydrogen-bond acceptors (Lipinski definition) is 4. The van der Waals surface area contributed by atoms with Gasteiger partial charge in [0.25, 0.3) is 5.91 Å². The van der Waals surface area contributed by atoms with Crippen LogP contribution in [0, 0.1) is 0 Å². The number of carbonyl (C=O) groups excluding carboxylic acids is 2. The van der Waals surface area contributed by atoms with E-state index < -0.39 is 0 Å². The van der Waals surface area contributed by atoms with Crippen LogP contribution >= 0.6 is 22.9 Å². The molecule has 0 aliphatic carbocycles. The highest BCUT2D eigenvalue weighted by Crippen LogP contribution is 2.23. The van der Waals surface area contributed by atoms with Crippen LogP contribution in [0.15, 0.2) is 54.7 Å². The van der Waals surface area contributed by atoms with Gasteiger partial charge in [-0.25, -0.2) is 4.98 Å². The SMILES string of the molecule is CC(=O)Nc1cccc(C(=O)Nc2ncc(Cc3ccc(Cl)cc3)s2)c1. The Morgan fingerprint density at radius 1 is 1.12 bits per heavy atom. The summed E-state index contributed by atoms with van der Waals surface area (Å²) in [5.74, 6) is -0.459. The summed E-state index contributed by atoms with van der Waals surface area (Å²) >= 11 is 7.32. The van der Waals surface area contributed by atoms with Crippen LogP contribution in [0.3, 0.4) is 0 Å². The molecule has 26 heavy (non-hydrogen) atoms. The summed E-state index contributed by atoms with van der Waals surface area (Å²) in [6.07, 6.45) is 2.48. The Labute approximate surface area is 160 Å². The van der Waals surface area contributed by atoms with Crippen molar-refractivity contribution in [1.82, 2.24) is 4.98 Å². The van der Waals surface area contributed by atoms with E-state index in [1.165, 1.54) is 18.3 Å². The maximum Gasteiger partial charge on any atom is 0.257 e. The first-order valence-corrected chi connectivity index (χ1v) is 9.07. The predicted octanol–water partition coefficient (Wildman–Crippen LogP) is 4.60. The summed E-state index contributed by atoms with van der Waals surface area (Å²) < 4.78 is 0. The minimum Gasteiger partial charge on any atom is -0.326 e. The topological polar surface area (TPSA) is 71.1 Å². The highest BCUT2D eigenvalue weighted by Gasteiger charge is 2.10. The van der Waals surface area contributed by atoms with Gasteiger partial charge in [0.1, 0.15) is 0 Å². The standard InChI is InChI=1S/C19H16ClN3O2S/c1-12(24)22-16-4-2-3-14(10-16)18(25)23-19-21-11-17(26-19)9-13-5-7-15(20)8-6-13/h2-8,10-11H,9H2,1H3,(H,22,24)(H,21,23,25). The zero-order valence-corrected chi connectivity index (χ0v) is 15.5. The number of hydrogen-bond donors (Lipinski definition) is 2. The Kier molecular flexibility index (Phi) is 5.65. The molecule has 0 spiro atoms. The number of amides is 2. The zero-order valence-electron chi connectivity index (χ0n) is 14.0.